The second-order valence-electron chi connectivity index (χ2n) is 4.34. The maximum Gasteiger partial charge on any atom is 0.265 e. The highest BCUT2D eigenvalue weighted by Crippen LogP contribution is 2.29. The van der Waals surface area contributed by atoms with Crippen LogP contribution in [0.2, 0.25) is 5.02 Å². The second kappa shape index (κ2) is 5.91. The zero-order valence-electron chi connectivity index (χ0n) is 11.3. The average molecular weight is 329 g/mol. The maximum atomic E-state index is 13.3. The standard InChI is InChI=1S/C14H14ClFN2O2S/c1-2-18(12-5-3-4-11(17)9-12)21(19,20)14-8-10(16)6-7-13(14)15/h3-9H,2,17H2,1H3. The molecule has 7 heteroatoms. The van der Waals surface area contributed by atoms with E-state index in [-0.39, 0.29) is 16.5 Å². The van der Waals surface area contributed by atoms with Crippen LogP contribution in [0.4, 0.5) is 15.8 Å². The van der Waals surface area contributed by atoms with E-state index in [1.54, 1.807) is 25.1 Å². The number of hydrogen-bond donors (Lipinski definition) is 1. The number of nitrogen functional groups attached to an aromatic ring is 1. The number of nitrogens with zero attached hydrogens (tertiary/aromatic N) is 1. The van der Waals surface area contributed by atoms with Crippen LogP contribution in [0, 0.1) is 5.82 Å². The molecule has 0 aliphatic rings. The second-order valence-corrected chi connectivity index (χ2v) is 6.58. The Bertz CT molecular complexity index is 765. The molecule has 2 N–H and O–H groups in total. The summed E-state index contributed by atoms with van der Waals surface area (Å²) in [6.45, 7) is 1.84. The van der Waals surface area contributed by atoms with Crippen molar-refractivity contribution in [3.63, 3.8) is 0 Å². The average Bonchev–Trinajstić information content (AvgIpc) is 2.42. The zero-order valence-corrected chi connectivity index (χ0v) is 12.8. The molecule has 0 atom stereocenters. The van der Waals surface area contributed by atoms with E-state index in [4.69, 9.17) is 17.3 Å². The van der Waals surface area contributed by atoms with Gasteiger partial charge < -0.3 is 5.73 Å². The predicted molar refractivity (Wildman–Crippen MR) is 82.5 cm³/mol. The van der Waals surface area contributed by atoms with Crippen LogP contribution in [0.3, 0.4) is 0 Å². The molecule has 0 fully saturated rings. The van der Waals surface area contributed by atoms with E-state index in [9.17, 15) is 12.8 Å². The zero-order chi connectivity index (χ0) is 15.6. The lowest BCUT2D eigenvalue weighted by Gasteiger charge is -2.23. The van der Waals surface area contributed by atoms with Crippen LogP contribution in [0.1, 0.15) is 6.92 Å². The van der Waals surface area contributed by atoms with E-state index in [2.05, 4.69) is 0 Å². The van der Waals surface area contributed by atoms with Gasteiger partial charge in [0, 0.05) is 12.2 Å². The Labute approximate surface area is 128 Å². The van der Waals surface area contributed by atoms with Gasteiger partial charge in [-0.25, -0.2) is 12.8 Å². The van der Waals surface area contributed by atoms with Crippen LogP contribution >= 0.6 is 11.6 Å². The van der Waals surface area contributed by atoms with Gasteiger partial charge in [-0.1, -0.05) is 17.7 Å². The summed E-state index contributed by atoms with van der Waals surface area (Å²) in [7, 11) is -3.97. The smallest absolute Gasteiger partial charge is 0.265 e. The van der Waals surface area contributed by atoms with Crippen molar-refractivity contribution in [2.75, 3.05) is 16.6 Å². The van der Waals surface area contributed by atoms with Gasteiger partial charge in [-0.2, -0.15) is 0 Å². The van der Waals surface area contributed by atoms with Gasteiger partial charge in [0.2, 0.25) is 0 Å². The van der Waals surface area contributed by atoms with Gasteiger partial charge in [0.25, 0.3) is 10.0 Å². The monoisotopic (exact) mass is 328 g/mol. The fraction of sp³-hybridized carbons (Fsp3) is 0.143. The van der Waals surface area contributed by atoms with Crippen molar-refractivity contribution in [1.82, 2.24) is 0 Å². The van der Waals surface area contributed by atoms with Gasteiger partial charge in [-0.3, -0.25) is 4.31 Å². The first-order chi connectivity index (χ1) is 9.86. The van der Waals surface area contributed by atoms with Crippen molar-refractivity contribution in [2.45, 2.75) is 11.8 Å². The van der Waals surface area contributed by atoms with Gasteiger partial charge in [-0.15, -0.1) is 0 Å². The highest BCUT2D eigenvalue weighted by atomic mass is 35.5. The molecule has 0 amide bonds. The predicted octanol–water partition coefficient (Wildman–Crippen LogP) is 3.28. The summed E-state index contributed by atoms with van der Waals surface area (Å²) in [5.74, 6) is -0.665. The molecule has 0 bridgehead atoms. The van der Waals surface area contributed by atoms with Crippen LogP contribution in [-0.2, 0) is 10.0 Å². The van der Waals surface area contributed by atoms with Gasteiger partial charge in [0.15, 0.2) is 0 Å². The Morgan fingerprint density at radius 1 is 1.24 bits per heavy atom. The molecule has 0 unspecified atom stereocenters. The van der Waals surface area contributed by atoms with Crippen molar-refractivity contribution < 1.29 is 12.8 Å². The van der Waals surface area contributed by atoms with Crippen LogP contribution < -0.4 is 10.0 Å². The lowest BCUT2D eigenvalue weighted by molar-refractivity contribution is 0.587. The summed E-state index contributed by atoms with van der Waals surface area (Å²) in [5, 5.41) is -0.0289. The maximum absolute atomic E-state index is 13.3. The molecule has 0 spiro atoms. The van der Waals surface area contributed by atoms with Crippen LogP contribution in [-0.4, -0.2) is 15.0 Å². The molecule has 4 nitrogen and oxygen atoms in total. The molecule has 2 rings (SSSR count). The highest BCUT2D eigenvalue weighted by molar-refractivity contribution is 7.93. The quantitative estimate of drug-likeness (QED) is 0.876. The number of halogens is 2. The first-order valence-corrected chi connectivity index (χ1v) is 8.01. The summed E-state index contributed by atoms with van der Waals surface area (Å²) in [6, 6.07) is 9.69. The van der Waals surface area contributed by atoms with E-state index >= 15 is 0 Å². The van der Waals surface area contributed by atoms with Gasteiger partial charge >= 0.3 is 0 Å². The molecule has 2 aromatic carbocycles. The van der Waals surface area contributed by atoms with Crippen molar-refractivity contribution in [2.24, 2.45) is 0 Å². The Balaban J connectivity index is 2.57. The fourth-order valence-electron chi connectivity index (χ4n) is 1.96. The van der Waals surface area contributed by atoms with Gasteiger partial charge in [0.05, 0.1) is 10.7 Å². The summed E-state index contributed by atoms with van der Waals surface area (Å²) in [6.07, 6.45) is 0. The molecule has 0 saturated carbocycles. The fourth-order valence-corrected chi connectivity index (χ4v) is 3.92. The Hall–Kier alpha value is -1.79. The molecule has 0 aromatic heterocycles. The number of hydrogen-bond acceptors (Lipinski definition) is 3. The Morgan fingerprint density at radius 2 is 1.95 bits per heavy atom. The highest BCUT2D eigenvalue weighted by Gasteiger charge is 2.26. The molecular weight excluding hydrogens is 315 g/mol. The summed E-state index contributed by atoms with van der Waals surface area (Å²) in [5.41, 5.74) is 6.52. The normalized spacial score (nSPS) is 11.4. The van der Waals surface area contributed by atoms with Crippen molar-refractivity contribution >= 4 is 33.0 Å². The van der Waals surface area contributed by atoms with Gasteiger partial charge in [-0.05, 0) is 43.3 Å². The van der Waals surface area contributed by atoms with Gasteiger partial charge in [0.1, 0.15) is 10.7 Å². The molecule has 0 aliphatic carbocycles. The van der Waals surface area contributed by atoms with E-state index < -0.39 is 15.8 Å². The van der Waals surface area contributed by atoms with Crippen LogP contribution in [0.15, 0.2) is 47.4 Å². The lowest BCUT2D eigenvalue weighted by Crippen LogP contribution is -2.31. The van der Waals surface area contributed by atoms with E-state index in [1.807, 2.05) is 0 Å². The third kappa shape index (κ3) is 3.11. The lowest BCUT2D eigenvalue weighted by atomic mass is 10.3. The van der Waals surface area contributed by atoms with Crippen molar-refractivity contribution in [1.29, 1.82) is 0 Å². The SMILES string of the molecule is CCN(c1cccc(N)c1)S(=O)(=O)c1cc(F)ccc1Cl. The van der Waals surface area contributed by atoms with E-state index in [1.165, 1.54) is 12.1 Å². The largest absolute Gasteiger partial charge is 0.399 e. The van der Waals surface area contributed by atoms with E-state index in [0.29, 0.717) is 11.4 Å². The molecule has 112 valence electrons. The Kier molecular flexibility index (Phi) is 4.39. The molecule has 0 heterocycles. The molecular formula is C14H14ClFN2O2S. The first kappa shape index (κ1) is 15.6. The first-order valence-electron chi connectivity index (χ1n) is 6.19. The third-order valence-corrected chi connectivity index (χ3v) is 5.29. The summed E-state index contributed by atoms with van der Waals surface area (Å²) >= 11 is 5.90. The molecule has 0 radical (unpaired) electrons. The molecule has 0 aliphatic heterocycles. The number of anilines is 2. The van der Waals surface area contributed by atoms with Crippen LogP contribution in [0.25, 0.3) is 0 Å². The molecule has 2 aromatic rings. The number of rotatable bonds is 4. The molecule has 21 heavy (non-hydrogen) atoms. The minimum absolute atomic E-state index is 0.0289. The Morgan fingerprint density at radius 3 is 2.57 bits per heavy atom. The number of nitrogens with two attached hydrogens (primary N) is 1. The number of benzene rings is 2. The third-order valence-electron chi connectivity index (χ3n) is 2.91. The van der Waals surface area contributed by atoms with Crippen LogP contribution in [0.5, 0.6) is 0 Å². The minimum Gasteiger partial charge on any atom is -0.399 e. The summed E-state index contributed by atoms with van der Waals surface area (Å²) in [4.78, 5) is -0.270. The topological polar surface area (TPSA) is 63.4 Å². The number of sulfonamides is 1. The van der Waals surface area contributed by atoms with E-state index in [0.717, 1.165) is 16.4 Å². The minimum atomic E-state index is -3.97. The molecule has 0 saturated heterocycles. The summed E-state index contributed by atoms with van der Waals surface area (Å²) < 4.78 is 39.8. The van der Waals surface area contributed by atoms with Crippen molar-refractivity contribution in [3.05, 3.63) is 53.3 Å². The van der Waals surface area contributed by atoms with Crippen molar-refractivity contribution in [3.8, 4) is 0 Å².